The van der Waals surface area contributed by atoms with Crippen LogP contribution in [0.25, 0.3) is 0 Å². The van der Waals surface area contributed by atoms with Gasteiger partial charge in [0.2, 0.25) is 8.32 Å². The number of rotatable bonds is 17. The lowest BCUT2D eigenvalue weighted by Gasteiger charge is -2.47. The van der Waals surface area contributed by atoms with Crippen molar-refractivity contribution >= 4 is 41.7 Å². The molecule has 0 bridgehead atoms. The number of hydrogen-bond acceptors (Lipinski definition) is 11. The molecule has 0 saturated heterocycles. The second kappa shape index (κ2) is 21.1. The third kappa shape index (κ3) is 10.4. The standard InChI is InChI=1S/C56H75ClN2O9SSi/c1-35(2)70(36(3)4,37(5)6)68-49-19-16-40(9)52-48(20-25-58-53(49)52)64-31-39(8)26-43-27-42-28-50-51(66-33-41(32-65-50)34-67-69(61,62)46-17-14-38(7)15-18-46)30-47(42)55(43)21-23-56(24-22-55,54(60)63-10)59-45-13-11-12-44(57)29-45/h11-15,17-18,20,25,28-30,35-37,39-41,43,49,59H,16,19,21-24,26-27,31-34H2,1-10H3/t39-,40-,41?,43+,49+,55?,56?/m1/s1. The van der Waals surface area contributed by atoms with Crippen LogP contribution in [0.1, 0.15) is 140 Å². The maximum atomic E-state index is 13.8. The molecule has 1 spiro atoms. The Morgan fingerprint density at radius 2 is 1.57 bits per heavy atom. The lowest BCUT2D eigenvalue weighted by molar-refractivity contribution is -0.148. The molecule has 5 atom stereocenters. The third-order valence-corrected chi connectivity index (χ3v) is 24.0. The van der Waals surface area contributed by atoms with Gasteiger partial charge >= 0.3 is 5.97 Å². The second-order valence-corrected chi connectivity index (χ2v) is 29.4. The highest BCUT2D eigenvalue weighted by Gasteiger charge is 2.55. The Balaban J connectivity index is 1.03. The number of anilines is 1. The van der Waals surface area contributed by atoms with Crippen LogP contribution in [0.2, 0.25) is 21.6 Å². The van der Waals surface area contributed by atoms with Crippen LogP contribution < -0.4 is 19.5 Å². The first kappa shape index (κ1) is 52.2. The zero-order valence-corrected chi connectivity index (χ0v) is 45.5. The number of esters is 1. The first-order valence-corrected chi connectivity index (χ1v) is 29.5. The molecule has 4 aromatic rings. The van der Waals surface area contributed by atoms with Crippen molar-refractivity contribution in [2.75, 3.05) is 38.9 Å². The van der Waals surface area contributed by atoms with Crippen LogP contribution in [0, 0.1) is 24.7 Å². The molecule has 380 valence electrons. The van der Waals surface area contributed by atoms with Crippen LogP contribution in [0.5, 0.6) is 17.2 Å². The summed E-state index contributed by atoms with van der Waals surface area (Å²) >= 11 is 6.43. The van der Waals surface area contributed by atoms with Crippen molar-refractivity contribution in [1.29, 1.82) is 0 Å². The Bertz CT molecular complexity index is 2580. The highest BCUT2D eigenvalue weighted by molar-refractivity contribution is 7.86. The van der Waals surface area contributed by atoms with Crippen LogP contribution in [0.4, 0.5) is 5.69 Å². The lowest BCUT2D eigenvalue weighted by Crippen LogP contribution is -2.53. The van der Waals surface area contributed by atoms with Gasteiger partial charge in [-0.25, -0.2) is 4.79 Å². The fourth-order valence-corrected chi connectivity index (χ4v) is 19.5. The fourth-order valence-electron chi connectivity index (χ4n) is 12.8. The van der Waals surface area contributed by atoms with Crippen LogP contribution in [0.15, 0.2) is 77.8 Å². The van der Waals surface area contributed by atoms with Crippen LogP contribution in [-0.4, -0.2) is 66.8 Å². The quantitative estimate of drug-likeness (QED) is 0.0616. The molecule has 0 amide bonds. The summed E-state index contributed by atoms with van der Waals surface area (Å²) in [6, 6.07) is 20.5. The largest absolute Gasteiger partial charge is 0.493 e. The van der Waals surface area contributed by atoms with Gasteiger partial charge in [-0.3, -0.25) is 9.17 Å². The Labute approximate surface area is 423 Å². The minimum Gasteiger partial charge on any atom is -0.493 e. The summed E-state index contributed by atoms with van der Waals surface area (Å²) < 4.78 is 64.4. The summed E-state index contributed by atoms with van der Waals surface area (Å²) in [5.74, 6) is 2.33. The molecule has 1 saturated carbocycles. The Hall–Kier alpha value is -4.14. The monoisotopic (exact) mass is 1010 g/mol. The molecule has 1 unspecified atom stereocenters. The average molecular weight is 1020 g/mol. The van der Waals surface area contributed by atoms with E-state index in [9.17, 15) is 13.2 Å². The van der Waals surface area contributed by atoms with E-state index in [0.29, 0.717) is 58.5 Å². The van der Waals surface area contributed by atoms with Gasteiger partial charge in [0.25, 0.3) is 10.1 Å². The minimum atomic E-state index is -3.95. The van der Waals surface area contributed by atoms with E-state index in [0.717, 1.165) is 61.2 Å². The number of carbonyl (C=O) groups excluding carboxylic acids is 1. The smallest absolute Gasteiger partial charge is 0.331 e. The Morgan fingerprint density at radius 3 is 2.21 bits per heavy atom. The van der Waals surface area contributed by atoms with Crippen molar-refractivity contribution in [3.8, 4) is 17.2 Å². The Kier molecular flexibility index (Phi) is 15.8. The van der Waals surface area contributed by atoms with Crippen molar-refractivity contribution in [3.05, 3.63) is 106 Å². The summed E-state index contributed by atoms with van der Waals surface area (Å²) in [4.78, 5) is 19.0. The number of aromatic nitrogens is 1. The average Bonchev–Trinajstić information content (AvgIpc) is 3.44. The maximum Gasteiger partial charge on any atom is 0.331 e. The number of nitrogens with zero attached hydrogens (tertiary/aromatic N) is 1. The van der Waals surface area contributed by atoms with Crippen molar-refractivity contribution in [2.45, 2.75) is 158 Å². The van der Waals surface area contributed by atoms with E-state index in [1.54, 1.807) is 24.3 Å². The number of hydrogen-bond donors (Lipinski definition) is 1. The van der Waals surface area contributed by atoms with Gasteiger partial charge < -0.3 is 28.7 Å². The predicted octanol–water partition coefficient (Wildman–Crippen LogP) is 13.1. The first-order valence-electron chi connectivity index (χ1n) is 25.6. The summed E-state index contributed by atoms with van der Waals surface area (Å²) in [5, 5.41) is 4.17. The van der Waals surface area contributed by atoms with Gasteiger partial charge in [-0.05, 0) is 158 Å². The summed E-state index contributed by atoms with van der Waals surface area (Å²) in [5.41, 5.74) is 6.62. The highest BCUT2D eigenvalue weighted by atomic mass is 35.5. The maximum absolute atomic E-state index is 13.8. The number of methoxy groups -OCH3 is 1. The molecule has 4 aliphatic rings. The first-order chi connectivity index (χ1) is 33.3. The molecule has 3 aliphatic carbocycles. The van der Waals surface area contributed by atoms with Crippen molar-refractivity contribution < 1.29 is 40.8 Å². The molecule has 0 radical (unpaired) electrons. The van der Waals surface area contributed by atoms with E-state index in [4.69, 9.17) is 44.1 Å². The van der Waals surface area contributed by atoms with Gasteiger partial charge in [0.15, 0.2) is 11.5 Å². The number of fused-ring (bicyclic) bond motifs is 4. The summed E-state index contributed by atoms with van der Waals surface area (Å²) in [6.07, 6.45) is 8.16. The SMILES string of the molecule is COC(=O)C1(Nc2cccc(Cl)c2)CCC2(CC1)c1cc3c(cc1C[C@@H]2C[C@@H](C)COc1ccnc2c1[C@H](C)CC[C@@H]2O[Si](C(C)C)(C(C)C)C(C)C)OCC(COS(=O)(=O)c1ccc(C)cc1)CO3. The molecule has 70 heavy (non-hydrogen) atoms. The van der Waals surface area contributed by atoms with Crippen molar-refractivity contribution in [1.82, 2.24) is 4.98 Å². The lowest BCUT2D eigenvalue weighted by atomic mass is 9.59. The molecule has 1 N–H and O–H groups in total. The molecule has 1 aliphatic heterocycles. The van der Waals surface area contributed by atoms with Crippen molar-refractivity contribution in [3.63, 3.8) is 0 Å². The van der Waals surface area contributed by atoms with Gasteiger partial charge in [0.05, 0.1) is 56.1 Å². The van der Waals surface area contributed by atoms with Gasteiger partial charge in [0.1, 0.15) is 11.3 Å². The predicted molar refractivity (Wildman–Crippen MR) is 278 cm³/mol. The second-order valence-electron chi connectivity index (χ2n) is 21.9. The van der Waals surface area contributed by atoms with Crippen LogP contribution >= 0.6 is 11.6 Å². The highest BCUT2D eigenvalue weighted by Crippen LogP contribution is 2.58. The number of nitrogens with one attached hydrogen (secondary N) is 1. The molecule has 1 fully saturated rings. The van der Waals surface area contributed by atoms with Gasteiger partial charge in [0, 0.05) is 22.5 Å². The molecule has 14 heteroatoms. The molecule has 8 rings (SSSR count). The number of pyridine rings is 1. The zero-order chi connectivity index (χ0) is 50.2. The number of benzene rings is 3. The van der Waals surface area contributed by atoms with Gasteiger partial charge in [-0.2, -0.15) is 8.42 Å². The van der Waals surface area contributed by atoms with E-state index in [-0.39, 0.29) is 60.0 Å². The van der Waals surface area contributed by atoms with E-state index in [1.807, 2.05) is 43.5 Å². The fraction of sp³-hybridized carbons (Fsp3) is 0.571. The topological polar surface area (TPSA) is 132 Å². The molecule has 1 aromatic heterocycles. The molecule has 3 aromatic carbocycles. The van der Waals surface area contributed by atoms with Gasteiger partial charge in [-0.1, -0.05) is 90.8 Å². The van der Waals surface area contributed by atoms with E-state index in [2.05, 4.69) is 72.8 Å². The number of ether oxygens (including phenoxy) is 4. The number of carbonyl (C=O) groups is 1. The summed E-state index contributed by atoms with van der Waals surface area (Å²) in [7, 11) is -4.66. The molecule has 11 nitrogen and oxygen atoms in total. The van der Waals surface area contributed by atoms with E-state index in [1.165, 1.54) is 23.8 Å². The van der Waals surface area contributed by atoms with E-state index < -0.39 is 24.0 Å². The van der Waals surface area contributed by atoms with Gasteiger partial charge in [-0.15, -0.1) is 0 Å². The Morgan fingerprint density at radius 1 is 0.900 bits per heavy atom. The molecular weight excluding hydrogens is 940 g/mol. The summed E-state index contributed by atoms with van der Waals surface area (Å²) in [6.45, 7) is 21.5. The normalized spacial score (nSPS) is 24.8. The number of halogens is 1. The minimum absolute atomic E-state index is 0.0396. The van der Waals surface area contributed by atoms with Crippen LogP contribution in [0.3, 0.4) is 0 Å². The van der Waals surface area contributed by atoms with E-state index >= 15 is 0 Å². The molecule has 2 heterocycles. The third-order valence-electron chi connectivity index (χ3n) is 16.4. The van der Waals surface area contributed by atoms with Crippen LogP contribution in [-0.2, 0) is 40.1 Å². The number of aryl methyl sites for hydroxylation is 1. The zero-order valence-electron chi connectivity index (χ0n) is 42.9. The molecular formula is C56H75ClN2O9SSi. The van der Waals surface area contributed by atoms with Crippen molar-refractivity contribution in [2.24, 2.45) is 17.8 Å².